The molecule has 1 rings (SSSR count). The number of carbonyl (C=O) groups is 2. The van der Waals surface area contributed by atoms with Gasteiger partial charge in [-0.3, -0.25) is 10.1 Å². The molecule has 3 N–H and O–H groups in total. The molecular weight excluding hydrogens is 282 g/mol. The number of carboxylic acid groups (broad SMARTS) is 1. The molecule has 1 atom stereocenters. The van der Waals surface area contributed by atoms with E-state index in [1.54, 1.807) is 0 Å². The number of nitrogens with one attached hydrogen (secondary N) is 2. The second kappa shape index (κ2) is 7.81. The predicted octanol–water partition coefficient (Wildman–Crippen LogP) is 1.88. The van der Waals surface area contributed by atoms with Crippen molar-refractivity contribution in [1.29, 1.82) is 0 Å². The minimum Gasteiger partial charge on any atom is -0.481 e. The van der Waals surface area contributed by atoms with Crippen LogP contribution in [0.1, 0.15) is 31.9 Å². The summed E-state index contributed by atoms with van der Waals surface area (Å²) < 4.78 is 4.96. The lowest BCUT2D eigenvalue weighted by Crippen LogP contribution is -2.37. The van der Waals surface area contributed by atoms with E-state index in [-0.39, 0.29) is 13.0 Å². The number of thiazole rings is 1. The fourth-order valence-electron chi connectivity index (χ4n) is 1.39. The highest BCUT2D eigenvalue weighted by molar-refractivity contribution is 7.13. The molecule has 8 heteroatoms. The van der Waals surface area contributed by atoms with E-state index in [0.29, 0.717) is 11.0 Å². The fourth-order valence-corrected chi connectivity index (χ4v) is 2.26. The zero-order chi connectivity index (χ0) is 15.1. The lowest BCUT2D eigenvalue weighted by molar-refractivity contribution is -0.139. The second-order valence-electron chi connectivity index (χ2n) is 4.52. The largest absolute Gasteiger partial charge is 0.481 e. The average Bonchev–Trinajstić information content (AvgIpc) is 2.82. The van der Waals surface area contributed by atoms with Crippen LogP contribution in [-0.4, -0.2) is 41.8 Å². The van der Waals surface area contributed by atoms with Crippen LogP contribution >= 0.6 is 11.3 Å². The topological polar surface area (TPSA) is 101 Å². The molecule has 1 unspecified atom stereocenters. The van der Waals surface area contributed by atoms with Gasteiger partial charge >= 0.3 is 12.0 Å². The molecule has 0 saturated heterocycles. The highest BCUT2D eigenvalue weighted by Gasteiger charge is 2.14. The Bertz CT molecular complexity index is 461. The smallest absolute Gasteiger partial charge is 0.321 e. The number of ether oxygens (including phenoxy) is 1. The zero-order valence-electron chi connectivity index (χ0n) is 11.7. The SMILES string of the molecule is COC(CNC(=O)Nc1nc(C(C)C)cs1)CC(=O)O. The van der Waals surface area contributed by atoms with Gasteiger partial charge < -0.3 is 15.2 Å². The van der Waals surface area contributed by atoms with Crippen molar-refractivity contribution in [2.45, 2.75) is 32.3 Å². The Morgan fingerprint density at radius 2 is 2.20 bits per heavy atom. The standard InChI is InChI=1S/C12H19N3O4S/c1-7(2)9-6-20-12(14-9)15-11(18)13-5-8(19-3)4-10(16)17/h6-8H,4-5H2,1-3H3,(H,16,17)(H2,13,14,15,18). The molecular formula is C12H19N3O4S. The van der Waals surface area contributed by atoms with Crippen LogP contribution in [0, 0.1) is 0 Å². The van der Waals surface area contributed by atoms with Crippen LogP contribution in [0.3, 0.4) is 0 Å². The van der Waals surface area contributed by atoms with E-state index >= 15 is 0 Å². The zero-order valence-corrected chi connectivity index (χ0v) is 12.5. The Morgan fingerprint density at radius 1 is 1.50 bits per heavy atom. The van der Waals surface area contributed by atoms with Crippen molar-refractivity contribution in [3.63, 3.8) is 0 Å². The third-order valence-electron chi connectivity index (χ3n) is 2.56. The molecule has 0 fully saturated rings. The number of carbonyl (C=O) groups excluding carboxylic acids is 1. The lowest BCUT2D eigenvalue weighted by Gasteiger charge is -2.13. The van der Waals surface area contributed by atoms with Gasteiger partial charge in [0.15, 0.2) is 5.13 Å². The molecule has 1 heterocycles. The number of anilines is 1. The first-order valence-electron chi connectivity index (χ1n) is 6.17. The van der Waals surface area contributed by atoms with E-state index in [9.17, 15) is 9.59 Å². The van der Waals surface area contributed by atoms with E-state index in [2.05, 4.69) is 15.6 Å². The molecule has 0 aliphatic heterocycles. The second-order valence-corrected chi connectivity index (χ2v) is 5.38. The summed E-state index contributed by atoms with van der Waals surface area (Å²) in [4.78, 5) is 26.5. The highest BCUT2D eigenvalue weighted by Crippen LogP contribution is 2.21. The van der Waals surface area contributed by atoms with Crippen molar-refractivity contribution in [2.24, 2.45) is 0 Å². The maximum Gasteiger partial charge on any atom is 0.321 e. The van der Waals surface area contributed by atoms with Crippen LogP contribution in [0.2, 0.25) is 0 Å². The van der Waals surface area contributed by atoms with Crippen LogP contribution in [0.5, 0.6) is 0 Å². The first-order valence-corrected chi connectivity index (χ1v) is 7.05. The minimum atomic E-state index is -0.972. The molecule has 1 aromatic rings. The van der Waals surface area contributed by atoms with Crippen LogP contribution in [-0.2, 0) is 9.53 Å². The van der Waals surface area contributed by atoms with Crippen LogP contribution in [0.15, 0.2) is 5.38 Å². The van der Waals surface area contributed by atoms with E-state index in [1.165, 1.54) is 18.4 Å². The van der Waals surface area contributed by atoms with Crippen LogP contribution in [0.4, 0.5) is 9.93 Å². The number of nitrogens with zero attached hydrogens (tertiary/aromatic N) is 1. The van der Waals surface area contributed by atoms with E-state index in [1.807, 2.05) is 19.2 Å². The molecule has 1 aromatic heterocycles. The Morgan fingerprint density at radius 3 is 2.70 bits per heavy atom. The van der Waals surface area contributed by atoms with Crippen molar-refractivity contribution in [3.05, 3.63) is 11.1 Å². The summed E-state index contributed by atoms with van der Waals surface area (Å²) in [5.74, 6) is -0.668. The first kappa shape index (κ1) is 16.4. The van der Waals surface area contributed by atoms with Gasteiger partial charge in [-0.25, -0.2) is 9.78 Å². The number of rotatable bonds is 7. The van der Waals surface area contributed by atoms with E-state index < -0.39 is 18.1 Å². The lowest BCUT2D eigenvalue weighted by atomic mass is 10.2. The summed E-state index contributed by atoms with van der Waals surface area (Å²) >= 11 is 1.35. The minimum absolute atomic E-state index is 0.122. The van der Waals surface area contributed by atoms with E-state index in [0.717, 1.165) is 5.69 Å². The Kier molecular flexibility index (Phi) is 6.40. The number of hydrogen-bond donors (Lipinski definition) is 3. The monoisotopic (exact) mass is 301 g/mol. The summed E-state index contributed by atoms with van der Waals surface area (Å²) in [6.07, 6.45) is -0.716. The summed E-state index contributed by atoms with van der Waals surface area (Å²) in [5, 5.41) is 16.2. The average molecular weight is 301 g/mol. The van der Waals surface area contributed by atoms with Gasteiger partial charge in [-0.05, 0) is 5.92 Å². The third kappa shape index (κ3) is 5.54. The van der Waals surface area contributed by atoms with E-state index in [4.69, 9.17) is 9.84 Å². The molecule has 112 valence electrons. The van der Waals surface area contributed by atoms with Gasteiger partial charge in [-0.1, -0.05) is 13.8 Å². The number of aliphatic carboxylic acids is 1. The summed E-state index contributed by atoms with van der Waals surface area (Å²) in [6, 6.07) is -0.429. The normalized spacial score (nSPS) is 12.2. The number of aromatic nitrogens is 1. The molecule has 0 aromatic carbocycles. The van der Waals surface area contributed by atoms with Crippen LogP contribution < -0.4 is 10.6 Å². The van der Waals surface area contributed by atoms with Gasteiger partial charge in [-0.15, -0.1) is 11.3 Å². The molecule has 20 heavy (non-hydrogen) atoms. The number of urea groups is 1. The Hall–Kier alpha value is -1.67. The van der Waals surface area contributed by atoms with Gasteiger partial charge in [0.25, 0.3) is 0 Å². The number of carboxylic acids is 1. The fraction of sp³-hybridized carbons (Fsp3) is 0.583. The van der Waals surface area contributed by atoms with Crippen molar-refractivity contribution < 1.29 is 19.4 Å². The van der Waals surface area contributed by atoms with Gasteiger partial charge in [-0.2, -0.15) is 0 Å². The Labute approximate surface area is 121 Å². The summed E-state index contributed by atoms with van der Waals surface area (Å²) in [6.45, 7) is 4.17. The molecule has 0 saturated carbocycles. The van der Waals surface area contributed by atoms with Crippen LogP contribution in [0.25, 0.3) is 0 Å². The number of amides is 2. The molecule has 7 nitrogen and oxygen atoms in total. The molecule has 0 radical (unpaired) electrons. The Balaban J connectivity index is 2.40. The van der Waals surface area contributed by atoms with Crippen molar-refractivity contribution in [3.8, 4) is 0 Å². The predicted molar refractivity (Wildman–Crippen MR) is 76.3 cm³/mol. The molecule has 0 aliphatic rings. The van der Waals surface area contributed by atoms with Gasteiger partial charge in [0.1, 0.15) is 0 Å². The van der Waals surface area contributed by atoms with Crippen molar-refractivity contribution in [1.82, 2.24) is 10.3 Å². The van der Waals surface area contributed by atoms with Gasteiger partial charge in [0.2, 0.25) is 0 Å². The van der Waals surface area contributed by atoms with Gasteiger partial charge in [0.05, 0.1) is 18.2 Å². The third-order valence-corrected chi connectivity index (χ3v) is 3.34. The molecule has 2 amide bonds. The molecule has 0 bridgehead atoms. The van der Waals surface area contributed by atoms with Gasteiger partial charge in [0, 0.05) is 19.0 Å². The maximum absolute atomic E-state index is 11.6. The number of hydrogen-bond acceptors (Lipinski definition) is 5. The van der Waals surface area contributed by atoms with Crippen molar-refractivity contribution >= 4 is 28.5 Å². The molecule has 0 spiro atoms. The highest BCUT2D eigenvalue weighted by atomic mass is 32.1. The molecule has 0 aliphatic carbocycles. The first-order chi connectivity index (χ1) is 9.42. The quantitative estimate of drug-likeness (QED) is 0.714. The summed E-state index contributed by atoms with van der Waals surface area (Å²) in [5.41, 5.74) is 0.922. The van der Waals surface area contributed by atoms with Crippen molar-refractivity contribution in [2.75, 3.05) is 19.0 Å². The maximum atomic E-state index is 11.6. The summed E-state index contributed by atoms with van der Waals surface area (Å²) in [7, 11) is 1.41. The number of methoxy groups -OCH3 is 1.